The highest BCUT2D eigenvalue weighted by molar-refractivity contribution is 7.18. The molecule has 1 aromatic carbocycles. The Kier molecular flexibility index (Phi) is 3.36. The highest BCUT2D eigenvalue weighted by atomic mass is 32.1. The molecule has 0 amide bonds. The zero-order valence-corrected chi connectivity index (χ0v) is 13.2. The first-order chi connectivity index (χ1) is 10.8. The molecule has 1 N–H and O–H groups in total. The van der Waals surface area contributed by atoms with Crippen molar-refractivity contribution in [3.05, 3.63) is 75.0 Å². The molecule has 4 rings (SSSR count). The van der Waals surface area contributed by atoms with E-state index in [9.17, 15) is 4.79 Å². The van der Waals surface area contributed by atoms with Crippen molar-refractivity contribution in [2.75, 3.05) is 0 Å². The molecule has 0 saturated carbocycles. The molecule has 22 heavy (non-hydrogen) atoms. The van der Waals surface area contributed by atoms with Crippen LogP contribution in [0.15, 0.2) is 58.0 Å². The second-order valence-corrected chi connectivity index (χ2v) is 6.79. The van der Waals surface area contributed by atoms with Crippen LogP contribution in [-0.2, 0) is 6.42 Å². The summed E-state index contributed by atoms with van der Waals surface area (Å²) in [5, 5.41) is 4.74. The Labute approximate surface area is 134 Å². The van der Waals surface area contributed by atoms with E-state index in [1.165, 1.54) is 11.3 Å². The second kappa shape index (κ2) is 5.51. The van der Waals surface area contributed by atoms with Crippen LogP contribution in [0.1, 0.15) is 11.4 Å². The normalized spacial score (nSPS) is 11.1. The molecule has 5 heteroatoms. The van der Waals surface area contributed by atoms with Gasteiger partial charge in [-0.2, -0.15) is 0 Å². The van der Waals surface area contributed by atoms with Gasteiger partial charge in [0, 0.05) is 22.2 Å². The average molecular weight is 324 g/mol. The lowest BCUT2D eigenvalue weighted by Gasteiger charge is -2.02. The highest BCUT2D eigenvalue weighted by Gasteiger charge is 2.13. The summed E-state index contributed by atoms with van der Waals surface area (Å²) >= 11 is 3.16. The number of hydrogen-bond acceptors (Lipinski definition) is 4. The molecule has 0 saturated heterocycles. The van der Waals surface area contributed by atoms with E-state index < -0.39 is 0 Å². The van der Waals surface area contributed by atoms with Gasteiger partial charge in [0.1, 0.15) is 10.7 Å². The number of nitrogens with zero attached hydrogens (tertiary/aromatic N) is 1. The summed E-state index contributed by atoms with van der Waals surface area (Å²) in [6, 6.07) is 14.1. The van der Waals surface area contributed by atoms with E-state index in [2.05, 4.69) is 9.97 Å². The number of fused-ring (bicyclic) bond motifs is 1. The third-order valence-corrected chi connectivity index (χ3v) is 5.27. The first kappa shape index (κ1) is 13.4. The zero-order valence-electron chi connectivity index (χ0n) is 11.6. The molecule has 3 aromatic heterocycles. The van der Waals surface area contributed by atoms with Gasteiger partial charge < -0.3 is 4.98 Å². The molecule has 0 aliphatic carbocycles. The summed E-state index contributed by atoms with van der Waals surface area (Å²) in [5.74, 6) is 0.711. The van der Waals surface area contributed by atoms with Crippen LogP contribution in [0.2, 0.25) is 0 Å². The summed E-state index contributed by atoms with van der Waals surface area (Å²) in [4.78, 5) is 22.0. The van der Waals surface area contributed by atoms with Crippen molar-refractivity contribution in [1.82, 2.24) is 9.97 Å². The number of thiophene rings is 2. The van der Waals surface area contributed by atoms with Crippen LogP contribution in [0.3, 0.4) is 0 Å². The van der Waals surface area contributed by atoms with Crippen LogP contribution >= 0.6 is 22.7 Å². The van der Waals surface area contributed by atoms with E-state index in [1.54, 1.807) is 11.3 Å². The molecule has 0 bridgehead atoms. The van der Waals surface area contributed by atoms with Gasteiger partial charge in [-0.1, -0.05) is 36.4 Å². The van der Waals surface area contributed by atoms with Crippen LogP contribution in [0.4, 0.5) is 0 Å². The van der Waals surface area contributed by atoms with Crippen molar-refractivity contribution in [3.8, 4) is 10.4 Å². The van der Waals surface area contributed by atoms with Crippen molar-refractivity contribution in [2.45, 2.75) is 6.42 Å². The average Bonchev–Trinajstić information content (AvgIpc) is 3.16. The fraction of sp³-hybridized carbons (Fsp3) is 0.0588. The molecule has 0 unspecified atom stereocenters. The Morgan fingerprint density at radius 3 is 2.68 bits per heavy atom. The van der Waals surface area contributed by atoms with Gasteiger partial charge in [0.2, 0.25) is 0 Å². The molecular formula is C17H12N2OS2. The Bertz CT molecular complexity index is 969. The fourth-order valence-electron chi connectivity index (χ4n) is 2.48. The largest absolute Gasteiger partial charge is 0.310 e. The number of rotatable bonds is 3. The maximum atomic E-state index is 12.5. The third-order valence-electron chi connectivity index (χ3n) is 3.49. The molecule has 0 aliphatic heterocycles. The van der Waals surface area contributed by atoms with E-state index in [0.29, 0.717) is 17.6 Å². The molecule has 0 spiro atoms. The number of hydrogen-bond donors (Lipinski definition) is 1. The summed E-state index contributed by atoms with van der Waals surface area (Å²) in [5.41, 5.74) is 2.07. The molecule has 3 heterocycles. The van der Waals surface area contributed by atoms with Gasteiger partial charge >= 0.3 is 0 Å². The van der Waals surface area contributed by atoms with E-state index in [0.717, 1.165) is 20.8 Å². The van der Waals surface area contributed by atoms with Gasteiger partial charge in [0.25, 0.3) is 5.56 Å². The number of aromatic nitrogens is 2. The number of nitrogens with one attached hydrogen (secondary N) is 1. The minimum atomic E-state index is -0.0550. The molecule has 108 valence electrons. The van der Waals surface area contributed by atoms with Crippen LogP contribution in [-0.4, -0.2) is 9.97 Å². The van der Waals surface area contributed by atoms with E-state index in [1.807, 2.05) is 53.2 Å². The van der Waals surface area contributed by atoms with Gasteiger partial charge in [0.05, 0.1) is 5.39 Å². The van der Waals surface area contributed by atoms with E-state index in [-0.39, 0.29) is 5.56 Å². The first-order valence-electron chi connectivity index (χ1n) is 6.89. The lowest BCUT2D eigenvalue weighted by Crippen LogP contribution is -2.11. The minimum absolute atomic E-state index is 0.0550. The summed E-state index contributed by atoms with van der Waals surface area (Å²) in [7, 11) is 0. The van der Waals surface area contributed by atoms with E-state index in [4.69, 9.17) is 0 Å². The van der Waals surface area contributed by atoms with Gasteiger partial charge in [-0.3, -0.25) is 4.79 Å². The van der Waals surface area contributed by atoms with Crippen LogP contribution in [0, 0.1) is 0 Å². The topological polar surface area (TPSA) is 45.8 Å². The lowest BCUT2D eigenvalue weighted by molar-refractivity contribution is 0.977. The van der Waals surface area contributed by atoms with Crippen molar-refractivity contribution >= 4 is 32.9 Å². The molecule has 0 radical (unpaired) electrons. The molecular weight excluding hydrogens is 312 g/mol. The van der Waals surface area contributed by atoms with Crippen LogP contribution < -0.4 is 5.56 Å². The van der Waals surface area contributed by atoms with E-state index >= 15 is 0 Å². The van der Waals surface area contributed by atoms with Gasteiger partial charge in [-0.05, 0) is 17.0 Å². The van der Waals surface area contributed by atoms with Crippen LogP contribution in [0.25, 0.3) is 20.7 Å². The molecule has 3 nitrogen and oxygen atoms in total. The summed E-state index contributed by atoms with van der Waals surface area (Å²) in [6.07, 6.45) is 0.637. The zero-order chi connectivity index (χ0) is 14.9. The maximum Gasteiger partial charge on any atom is 0.260 e. The third kappa shape index (κ3) is 2.38. The van der Waals surface area contributed by atoms with Crippen LogP contribution in [0.5, 0.6) is 0 Å². The van der Waals surface area contributed by atoms with Crippen molar-refractivity contribution in [1.29, 1.82) is 0 Å². The quantitative estimate of drug-likeness (QED) is 0.610. The van der Waals surface area contributed by atoms with Gasteiger partial charge in [-0.25, -0.2) is 4.98 Å². The number of H-pyrrole nitrogens is 1. The molecule has 4 aromatic rings. The lowest BCUT2D eigenvalue weighted by atomic mass is 10.1. The summed E-state index contributed by atoms with van der Waals surface area (Å²) in [6.45, 7) is 0. The SMILES string of the molecule is O=c1[nH]c(Cc2ccccc2)nc2scc(-c3cccs3)c12. The fourth-order valence-corrected chi connectivity index (χ4v) is 4.26. The second-order valence-electron chi connectivity index (χ2n) is 4.98. The standard InChI is InChI=1S/C17H12N2OS2/c20-16-15-12(13-7-4-8-21-13)10-22-17(15)19-14(18-16)9-11-5-2-1-3-6-11/h1-8,10H,9H2,(H,18,19,20). The van der Waals surface area contributed by atoms with Crippen molar-refractivity contribution < 1.29 is 0 Å². The minimum Gasteiger partial charge on any atom is -0.310 e. The molecule has 0 fully saturated rings. The summed E-state index contributed by atoms with van der Waals surface area (Å²) < 4.78 is 0. The van der Waals surface area contributed by atoms with Gasteiger partial charge in [0.15, 0.2) is 0 Å². The monoisotopic (exact) mass is 324 g/mol. The van der Waals surface area contributed by atoms with Crippen molar-refractivity contribution in [2.24, 2.45) is 0 Å². The number of aromatic amines is 1. The molecule has 0 aliphatic rings. The predicted molar refractivity (Wildman–Crippen MR) is 92.8 cm³/mol. The smallest absolute Gasteiger partial charge is 0.260 e. The molecule has 0 atom stereocenters. The Morgan fingerprint density at radius 1 is 1.05 bits per heavy atom. The Hall–Kier alpha value is -2.24. The highest BCUT2D eigenvalue weighted by Crippen LogP contribution is 2.33. The number of benzene rings is 1. The first-order valence-corrected chi connectivity index (χ1v) is 8.65. The van der Waals surface area contributed by atoms with Gasteiger partial charge in [-0.15, -0.1) is 22.7 Å². The Balaban J connectivity index is 1.80. The Morgan fingerprint density at radius 2 is 1.91 bits per heavy atom. The van der Waals surface area contributed by atoms with Crippen molar-refractivity contribution in [3.63, 3.8) is 0 Å². The maximum absolute atomic E-state index is 12.5. The predicted octanol–water partition coefficient (Wildman–Crippen LogP) is 4.30.